The van der Waals surface area contributed by atoms with Crippen LogP contribution in [0.1, 0.15) is 35.3 Å². The van der Waals surface area contributed by atoms with Crippen molar-refractivity contribution in [2.24, 2.45) is 5.73 Å². The van der Waals surface area contributed by atoms with Crippen LogP contribution in [0.4, 0.5) is 0 Å². The van der Waals surface area contributed by atoms with Gasteiger partial charge in [0.1, 0.15) is 23.1 Å². The maximum absolute atomic E-state index is 5.76. The Morgan fingerprint density at radius 3 is 2.65 bits per heavy atom. The molecule has 0 amide bonds. The van der Waals surface area contributed by atoms with Crippen LogP contribution in [0.25, 0.3) is 0 Å². The zero-order valence-corrected chi connectivity index (χ0v) is 12.9. The van der Waals surface area contributed by atoms with Gasteiger partial charge in [0.15, 0.2) is 0 Å². The van der Waals surface area contributed by atoms with E-state index >= 15 is 0 Å². The number of methoxy groups -OCH3 is 1. The van der Waals surface area contributed by atoms with Crippen LogP contribution in [-0.4, -0.2) is 12.1 Å². The third-order valence-corrected chi connectivity index (χ3v) is 3.97. The van der Waals surface area contributed by atoms with Gasteiger partial charge in [0.05, 0.1) is 12.8 Å². The number of hydrogen-bond donors (Lipinski definition) is 1. The summed E-state index contributed by atoms with van der Waals surface area (Å²) >= 11 is 1.62. The van der Waals surface area contributed by atoms with E-state index in [1.54, 1.807) is 18.4 Å². The molecule has 2 N–H and O–H groups in total. The molecule has 0 aliphatic rings. The lowest BCUT2D eigenvalue weighted by Crippen LogP contribution is -2.00. The maximum Gasteiger partial charge on any atom is 0.140 e. The Bertz CT molecular complexity index is 567. The normalized spacial score (nSPS) is 10.8. The number of thiazole rings is 1. The SMILES string of the molecule is COc1cccc(OCc2nc(C(C)C)c(CN)s2)c1. The van der Waals surface area contributed by atoms with Crippen LogP contribution in [0.3, 0.4) is 0 Å². The highest BCUT2D eigenvalue weighted by Gasteiger charge is 2.13. The van der Waals surface area contributed by atoms with Crippen LogP contribution in [0, 0.1) is 0 Å². The molecule has 1 heterocycles. The van der Waals surface area contributed by atoms with Crippen LogP contribution >= 0.6 is 11.3 Å². The number of rotatable bonds is 6. The first-order chi connectivity index (χ1) is 9.63. The Kier molecular flexibility index (Phi) is 4.98. The van der Waals surface area contributed by atoms with E-state index in [4.69, 9.17) is 15.2 Å². The monoisotopic (exact) mass is 292 g/mol. The predicted molar refractivity (Wildman–Crippen MR) is 81.4 cm³/mol. The van der Waals surface area contributed by atoms with E-state index in [-0.39, 0.29) is 0 Å². The van der Waals surface area contributed by atoms with Crippen molar-refractivity contribution < 1.29 is 9.47 Å². The first-order valence-corrected chi connectivity index (χ1v) is 7.41. The minimum absolute atomic E-state index is 0.385. The molecule has 0 bridgehead atoms. The Morgan fingerprint density at radius 1 is 1.30 bits per heavy atom. The summed E-state index contributed by atoms with van der Waals surface area (Å²) in [4.78, 5) is 5.76. The fourth-order valence-corrected chi connectivity index (χ4v) is 2.92. The Morgan fingerprint density at radius 2 is 2.05 bits per heavy atom. The fourth-order valence-electron chi connectivity index (χ4n) is 1.91. The van der Waals surface area contributed by atoms with Crippen molar-refractivity contribution in [2.75, 3.05) is 7.11 Å². The van der Waals surface area contributed by atoms with Gasteiger partial charge in [-0.05, 0) is 18.1 Å². The number of nitrogens with zero attached hydrogens (tertiary/aromatic N) is 1. The molecule has 0 radical (unpaired) electrons. The fraction of sp³-hybridized carbons (Fsp3) is 0.400. The number of ether oxygens (including phenoxy) is 2. The van der Waals surface area contributed by atoms with Gasteiger partial charge in [0, 0.05) is 17.5 Å². The minimum atomic E-state index is 0.385. The number of nitrogens with two attached hydrogens (primary N) is 1. The van der Waals surface area contributed by atoms with Gasteiger partial charge in [-0.2, -0.15) is 0 Å². The summed E-state index contributed by atoms with van der Waals surface area (Å²) < 4.78 is 10.9. The molecule has 0 saturated heterocycles. The second-order valence-corrected chi connectivity index (χ2v) is 5.91. The van der Waals surface area contributed by atoms with E-state index in [2.05, 4.69) is 18.8 Å². The lowest BCUT2D eigenvalue weighted by molar-refractivity contribution is 0.302. The van der Waals surface area contributed by atoms with Crippen molar-refractivity contribution in [3.05, 3.63) is 39.8 Å². The van der Waals surface area contributed by atoms with E-state index in [1.165, 1.54) is 0 Å². The summed E-state index contributed by atoms with van der Waals surface area (Å²) in [7, 11) is 1.64. The summed E-state index contributed by atoms with van der Waals surface area (Å²) in [5.41, 5.74) is 6.84. The smallest absolute Gasteiger partial charge is 0.140 e. The first-order valence-electron chi connectivity index (χ1n) is 6.59. The molecular formula is C15H20N2O2S. The Labute approximate surface area is 123 Å². The standard InChI is InChI=1S/C15H20N2O2S/c1-10(2)15-13(8-16)20-14(17-15)9-19-12-6-4-5-11(7-12)18-3/h4-7,10H,8-9,16H2,1-3H3. The topological polar surface area (TPSA) is 57.4 Å². The van der Waals surface area contributed by atoms with Crippen molar-refractivity contribution in [1.82, 2.24) is 4.98 Å². The van der Waals surface area contributed by atoms with Crippen LogP contribution in [-0.2, 0) is 13.2 Å². The highest BCUT2D eigenvalue weighted by atomic mass is 32.1. The van der Waals surface area contributed by atoms with Gasteiger partial charge < -0.3 is 15.2 Å². The van der Waals surface area contributed by atoms with Crippen LogP contribution < -0.4 is 15.2 Å². The van der Waals surface area contributed by atoms with Crippen LogP contribution in [0.15, 0.2) is 24.3 Å². The van der Waals surface area contributed by atoms with E-state index in [9.17, 15) is 0 Å². The van der Waals surface area contributed by atoms with Crippen molar-refractivity contribution in [1.29, 1.82) is 0 Å². The predicted octanol–water partition coefficient (Wildman–Crippen LogP) is 3.31. The third-order valence-electron chi connectivity index (χ3n) is 2.91. The van der Waals surface area contributed by atoms with Gasteiger partial charge in [-0.15, -0.1) is 11.3 Å². The second kappa shape index (κ2) is 6.72. The highest BCUT2D eigenvalue weighted by Crippen LogP contribution is 2.26. The van der Waals surface area contributed by atoms with Crippen molar-refractivity contribution in [3.63, 3.8) is 0 Å². The zero-order valence-electron chi connectivity index (χ0n) is 12.1. The molecule has 108 valence electrons. The number of hydrogen-bond acceptors (Lipinski definition) is 5. The molecule has 0 unspecified atom stereocenters. The maximum atomic E-state index is 5.76. The molecule has 0 saturated carbocycles. The average molecular weight is 292 g/mol. The lowest BCUT2D eigenvalue weighted by atomic mass is 10.1. The Balaban J connectivity index is 2.06. The Hall–Kier alpha value is -1.59. The summed E-state index contributed by atoms with van der Waals surface area (Å²) in [6.45, 7) is 5.24. The lowest BCUT2D eigenvalue weighted by Gasteiger charge is -2.05. The quantitative estimate of drug-likeness (QED) is 0.887. The minimum Gasteiger partial charge on any atom is -0.497 e. The van der Waals surface area contributed by atoms with Gasteiger partial charge in [0.2, 0.25) is 0 Å². The van der Waals surface area contributed by atoms with Crippen molar-refractivity contribution in [3.8, 4) is 11.5 Å². The summed E-state index contributed by atoms with van der Waals surface area (Å²) in [5.74, 6) is 1.95. The number of aromatic nitrogens is 1. The van der Waals surface area contributed by atoms with Gasteiger partial charge in [-0.3, -0.25) is 0 Å². The largest absolute Gasteiger partial charge is 0.497 e. The third kappa shape index (κ3) is 3.49. The van der Waals surface area contributed by atoms with E-state index in [1.807, 2.05) is 24.3 Å². The van der Waals surface area contributed by atoms with E-state index in [0.29, 0.717) is 19.1 Å². The number of benzene rings is 1. The summed E-state index contributed by atoms with van der Waals surface area (Å²) in [6, 6.07) is 7.56. The van der Waals surface area contributed by atoms with Crippen LogP contribution in [0.5, 0.6) is 11.5 Å². The van der Waals surface area contributed by atoms with Crippen molar-refractivity contribution in [2.45, 2.75) is 32.9 Å². The van der Waals surface area contributed by atoms with E-state index in [0.717, 1.165) is 27.1 Å². The van der Waals surface area contributed by atoms with Crippen molar-refractivity contribution >= 4 is 11.3 Å². The first kappa shape index (κ1) is 14.8. The van der Waals surface area contributed by atoms with E-state index < -0.39 is 0 Å². The van der Waals surface area contributed by atoms with Gasteiger partial charge in [0.25, 0.3) is 0 Å². The molecule has 5 heteroatoms. The molecule has 0 spiro atoms. The average Bonchev–Trinajstić information content (AvgIpc) is 2.89. The molecular weight excluding hydrogens is 272 g/mol. The van der Waals surface area contributed by atoms with Crippen LogP contribution in [0.2, 0.25) is 0 Å². The molecule has 0 atom stereocenters. The summed E-state index contributed by atoms with van der Waals surface area (Å²) in [6.07, 6.45) is 0. The molecule has 0 fully saturated rings. The van der Waals surface area contributed by atoms with Gasteiger partial charge in [-0.25, -0.2) is 4.98 Å². The molecule has 4 nitrogen and oxygen atoms in total. The molecule has 2 rings (SSSR count). The summed E-state index contributed by atoms with van der Waals surface area (Å²) in [5, 5.41) is 0.956. The van der Waals surface area contributed by atoms with Gasteiger partial charge in [-0.1, -0.05) is 19.9 Å². The molecule has 20 heavy (non-hydrogen) atoms. The molecule has 0 aliphatic heterocycles. The second-order valence-electron chi connectivity index (χ2n) is 4.74. The van der Waals surface area contributed by atoms with Gasteiger partial charge >= 0.3 is 0 Å². The highest BCUT2D eigenvalue weighted by molar-refractivity contribution is 7.11. The molecule has 0 aliphatic carbocycles. The molecule has 1 aromatic carbocycles. The molecule has 2 aromatic rings. The molecule has 1 aromatic heterocycles. The zero-order chi connectivity index (χ0) is 14.5.